The zero-order valence-corrected chi connectivity index (χ0v) is 17.2. The second-order valence-electron chi connectivity index (χ2n) is 6.24. The monoisotopic (exact) mass is 398 g/mol. The van der Waals surface area contributed by atoms with E-state index in [2.05, 4.69) is 14.8 Å². The highest BCUT2D eigenvalue weighted by Gasteiger charge is 2.29. The number of sulfonamides is 1. The van der Waals surface area contributed by atoms with E-state index in [0.717, 1.165) is 6.08 Å². The van der Waals surface area contributed by atoms with Crippen molar-refractivity contribution in [3.05, 3.63) is 36.0 Å². The van der Waals surface area contributed by atoms with Crippen LogP contribution in [0.4, 0.5) is 5.69 Å². The Hall–Kier alpha value is -2.39. The second kappa shape index (κ2) is 9.52. The molecule has 1 N–H and O–H groups in total. The molecule has 27 heavy (non-hydrogen) atoms. The van der Waals surface area contributed by atoms with E-state index < -0.39 is 22.0 Å². The lowest BCUT2D eigenvalue weighted by Crippen LogP contribution is -2.41. The molecule has 0 saturated heterocycles. The third-order valence-corrected chi connectivity index (χ3v) is 5.86. The summed E-state index contributed by atoms with van der Waals surface area (Å²) >= 11 is 0. The molecule has 8 nitrogen and oxygen atoms in total. The van der Waals surface area contributed by atoms with Crippen LogP contribution in [0, 0.1) is 0 Å². The lowest BCUT2D eigenvalue weighted by Gasteiger charge is -2.29. The third kappa shape index (κ3) is 5.80. The van der Waals surface area contributed by atoms with E-state index in [1.165, 1.54) is 42.8 Å². The highest BCUT2D eigenvalue weighted by molar-refractivity contribution is 7.89. The number of hydrogen-bond donors (Lipinski definition) is 1. The molecule has 9 heteroatoms. The standard InChI is InChI=1S/C18H26N2O6S/c1-12(2)20(13(3)4)27(23,24)15-9-7-14(8-10-15)19-16(18(22)26-6)11-17(21)25-5/h7-13,19H,1-6H3/b16-11+. The Bertz CT molecular complexity index is 790. The Labute approximate surface area is 160 Å². The topological polar surface area (TPSA) is 102 Å². The largest absolute Gasteiger partial charge is 0.466 e. The smallest absolute Gasteiger partial charge is 0.354 e. The summed E-state index contributed by atoms with van der Waals surface area (Å²) in [7, 11) is -1.30. The Morgan fingerprint density at radius 3 is 1.93 bits per heavy atom. The van der Waals surface area contributed by atoms with Crippen molar-refractivity contribution in [1.29, 1.82) is 0 Å². The van der Waals surface area contributed by atoms with Crippen molar-refractivity contribution in [3.63, 3.8) is 0 Å². The van der Waals surface area contributed by atoms with Crippen LogP contribution in [0.5, 0.6) is 0 Å². The molecule has 0 atom stereocenters. The molecule has 0 aliphatic rings. The minimum absolute atomic E-state index is 0.131. The normalized spacial score (nSPS) is 12.4. The highest BCUT2D eigenvalue weighted by Crippen LogP contribution is 2.23. The van der Waals surface area contributed by atoms with Crippen LogP contribution < -0.4 is 5.32 Å². The molecule has 1 rings (SSSR count). The van der Waals surface area contributed by atoms with Crippen molar-refractivity contribution >= 4 is 27.6 Å². The molecule has 0 spiro atoms. The maximum absolute atomic E-state index is 12.8. The van der Waals surface area contributed by atoms with Gasteiger partial charge in [0.2, 0.25) is 10.0 Å². The molecule has 0 aromatic heterocycles. The van der Waals surface area contributed by atoms with Gasteiger partial charge in [0, 0.05) is 17.8 Å². The summed E-state index contributed by atoms with van der Waals surface area (Å²) in [6.07, 6.45) is 0.954. The van der Waals surface area contributed by atoms with Gasteiger partial charge in [0.15, 0.2) is 0 Å². The second-order valence-corrected chi connectivity index (χ2v) is 8.09. The average Bonchev–Trinajstić information content (AvgIpc) is 2.59. The maximum Gasteiger partial charge on any atom is 0.354 e. The minimum atomic E-state index is -3.66. The van der Waals surface area contributed by atoms with Crippen LogP contribution in [-0.2, 0) is 29.1 Å². The number of benzene rings is 1. The molecule has 1 aromatic carbocycles. The predicted molar refractivity (Wildman–Crippen MR) is 101 cm³/mol. The molecular weight excluding hydrogens is 372 g/mol. The van der Waals surface area contributed by atoms with Crippen LogP contribution in [0.1, 0.15) is 27.7 Å². The molecule has 0 heterocycles. The molecular formula is C18H26N2O6S. The number of nitrogens with zero attached hydrogens (tertiary/aromatic N) is 1. The lowest BCUT2D eigenvalue weighted by molar-refractivity contribution is -0.138. The lowest BCUT2D eigenvalue weighted by atomic mass is 10.3. The molecule has 0 fully saturated rings. The summed E-state index contributed by atoms with van der Waals surface area (Å²) in [5, 5.41) is 2.73. The zero-order chi connectivity index (χ0) is 20.8. The van der Waals surface area contributed by atoms with Crippen molar-refractivity contribution in [2.45, 2.75) is 44.7 Å². The number of esters is 2. The van der Waals surface area contributed by atoms with Crippen molar-refractivity contribution < 1.29 is 27.5 Å². The quantitative estimate of drug-likeness (QED) is 0.529. The number of carbonyl (C=O) groups excluding carboxylic acids is 2. The molecule has 0 amide bonds. The Kier molecular flexibility index (Phi) is 7.98. The van der Waals surface area contributed by atoms with Crippen LogP contribution in [0.3, 0.4) is 0 Å². The van der Waals surface area contributed by atoms with Gasteiger partial charge in [0.25, 0.3) is 0 Å². The first kappa shape index (κ1) is 22.7. The molecule has 0 aliphatic heterocycles. The van der Waals surface area contributed by atoms with E-state index >= 15 is 0 Å². The molecule has 0 bridgehead atoms. The van der Waals surface area contributed by atoms with Gasteiger partial charge in [-0.25, -0.2) is 18.0 Å². The summed E-state index contributed by atoms with van der Waals surface area (Å²) in [5.41, 5.74) is 0.279. The first-order chi connectivity index (χ1) is 12.5. The van der Waals surface area contributed by atoms with Gasteiger partial charge in [-0.15, -0.1) is 0 Å². The van der Waals surface area contributed by atoms with Crippen molar-refractivity contribution in [2.24, 2.45) is 0 Å². The van der Waals surface area contributed by atoms with E-state index in [-0.39, 0.29) is 22.7 Å². The Balaban J connectivity index is 3.16. The SMILES string of the molecule is COC(=O)/C=C(/Nc1ccc(S(=O)(=O)N(C(C)C)C(C)C)cc1)C(=O)OC. The maximum atomic E-state index is 12.8. The first-order valence-corrected chi connectivity index (χ1v) is 9.77. The third-order valence-electron chi connectivity index (χ3n) is 3.60. The summed E-state index contributed by atoms with van der Waals surface area (Å²) in [6, 6.07) is 5.48. The fourth-order valence-corrected chi connectivity index (χ4v) is 4.41. The number of carbonyl (C=O) groups is 2. The average molecular weight is 398 g/mol. The van der Waals surface area contributed by atoms with Crippen LogP contribution in [-0.4, -0.2) is 51.0 Å². The predicted octanol–water partition coefficient (Wildman–Crippen LogP) is 2.14. The van der Waals surface area contributed by atoms with E-state index in [1.807, 2.05) is 27.7 Å². The van der Waals surface area contributed by atoms with E-state index in [1.54, 1.807) is 0 Å². The molecule has 0 saturated carbocycles. The van der Waals surface area contributed by atoms with Crippen LogP contribution in [0.15, 0.2) is 40.9 Å². The zero-order valence-electron chi connectivity index (χ0n) is 16.3. The number of methoxy groups -OCH3 is 2. The number of anilines is 1. The van der Waals surface area contributed by atoms with Crippen LogP contribution in [0.2, 0.25) is 0 Å². The van der Waals surface area contributed by atoms with Gasteiger partial charge in [-0.3, -0.25) is 0 Å². The van der Waals surface area contributed by atoms with Gasteiger partial charge < -0.3 is 14.8 Å². The van der Waals surface area contributed by atoms with E-state index in [9.17, 15) is 18.0 Å². The van der Waals surface area contributed by atoms with Gasteiger partial charge in [0.05, 0.1) is 25.2 Å². The van der Waals surface area contributed by atoms with E-state index in [4.69, 9.17) is 0 Å². The number of nitrogens with one attached hydrogen (secondary N) is 1. The molecule has 150 valence electrons. The van der Waals surface area contributed by atoms with Crippen LogP contribution in [0.25, 0.3) is 0 Å². The molecule has 0 radical (unpaired) electrons. The number of rotatable bonds is 8. The van der Waals surface area contributed by atoms with E-state index in [0.29, 0.717) is 5.69 Å². The van der Waals surface area contributed by atoms with Gasteiger partial charge in [-0.2, -0.15) is 4.31 Å². The summed E-state index contributed by atoms with van der Waals surface area (Å²) in [6.45, 7) is 7.25. The Morgan fingerprint density at radius 1 is 1.00 bits per heavy atom. The number of ether oxygens (including phenoxy) is 2. The van der Waals surface area contributed by atoms with Gasteiger partial charge in [-0.1, -0.05) is 0 Å². The number of hydrogen-bond acceptors (Lipinski definition) is 7. The molecule has 1 aromatic rings. The van der Waals surface area contributed by atoms with Crippen LogP contribution >= 0.6 is 0 Å². The minimum Gasteiger partial charge on any atom is -0.466 e. The fourth-order valence-electron chi connectivity index (χ4n) is 2.57. The van der Waals surface area contributed by atoms with Gasteiger partial charge >= 0.3 is 11.9 Å². The summed E-state index contributed by atoms with van der Waals surface area (Å²) in [5.74, 6) is -1.49. The first-order valence-electron chi connectivity index (χ1n) is 8.33. The molecule has 0 unspecified atom stereocenters. The fraction of sp³-hybridized carbons (Fsp3) is 0.444. The summed E-state index contributed by atoms with van der Waals surface area (Å²) < 4.78 is 36.2. The molecule has 0 aliphatic carbocycles. The van der Waals surface area contributed by atoms with Crippen molar-refractivity contribution in [1.82, 2.24) is 4.31 Å². The van der Waals surface area contributed by atoms with Gasteiger partial charge in [0.1, 0.15) is 5.70 Å². The summed E-state index contributed by atoms with van der Waals surface area (Å²) in [4.78, 5) is 23.3. The Morgan fingerprint density at radius 2 is 1.52 bits per heavy atom. The van der Waals surface area contributed by atoms with Crippen molar-refractivity contribution in [3.8, 4) is 0 Å². The van der Waals surface area contributed by atoms with Crippen molar-refractivity contribution in [2.75, 3.05) is 19.5 Å². The highest BCUT2D eigenvalue weighted by atomic mass is 32.2. The van der Waals surface area contributed by atoms with Gasteiger partial charge in [-0.05, 0) is 52.0 Å².